The monoisotopic (exact) mass is 343 g/mol. The van der Waals surface area contributed by atoms with E-state index < -0.39 is 0 Å². The molecule has 2 aromatic carbocycles. The van der Waals surface area contributed by atoms with Gasteiger partial charge in [0, 0.05) is 23.8 Å². The number of carbonyl (C=O) groups is 1. The van der Waals surface area contributed by atoms with Gasteiger partial charge >= 0.3 is 6.03 Å². The molecule has 2 amide bonds. The SMILES string of the molecule is CN(Cc1cccc(Br)c1)C(=O)Nc1ccc(C#N)cc1. The van der Waals surface area contributed by atoms with Gasteiger partial charge in [-0.25, -0.2) is 4.79 Å². The van der Waals surface area contributed by atoms with Gasteiger partial charge in [-0.05, 0) is 42.0 Å². The molecular formula is C16H14BrN3O. The maximum Gasteiger partial charge on any atom is 0.321 e. The number of halogens is 1. The first kappa shape index (κ1) is 15.1. The Kier molecular flexibility index (Phi) is 4.96. The van der Waals surface area contributed by atoms with Crippen LogP contribution in [0.5, 0.6) is 0 Å². The number of anilines is 1. The Morgan fingerprint density at radius 1 is 1.29 bits per heavy atom. The smallest absolute Gasteiger partial charge is 0.321 e. The molecule has 4 nitrogen and oxygen atoms in total. The zero-order chi connectivity index (χ0) is 15.2. The van der Waals surface area contributed by atoms with E-state index >= 15 is 0 Å². The van der Waals surface area contributed by atoms with Crippen molar-refractivity contribution in [3.8, 4) is 6.07 Å². The summed E-state index contributed by atoms with van der Waals surface area (Å²) in [5, 5.41) is 11.5. The van der Waals surface area contributed by atoms with E-state index in [9.17, 15) is 4.79 Å². The van der Waals surface area contributed by atoms with Crippen LogP contribution in [0.25, 0.3) is 0 Å². The summed E-state index contributed by atoms with van der Waals surface area (Å²) in [6.07, 6.45) is 0. The average molecular weight is 344 g/mol. The lowest BCUT2D eigenvalue weighted by molar-refractivity contribution is 0.220. The number of nitriles is 1. The fourth-order valence-electron chi connectivity index (χ4n) is 1.83. The summed E-state index contributed by atoms with van der Waals surface area (Å²) in [4.78, 5) is 13.7. The summed E-state index contributed by atoms with van der Waals surface area (Å²) >= 11 is 3.41. The Morgan fingerprint density at radius 2 is 2.00 bits per heavy atom. The van der Waals surface area contributed by atoms with Crippen LogP contribution in [0.1, 0.15) is 11.1 Å². The third kappa shape index (κ3) is 4.33. The van der Waals surface area contributed by atoms with Crippen molar-refractivity contribution in [1.29, 1.82) is 5.26 Å². The van der Waals surface area contributed by atoms with Crippen molar-refractivity contribution in [2.45, 2.75) is 6.54 Å². The van der Waals surface area contributed by atoms with Crippen LogP contribution in [0.4, 0.5) is 10.5 Å². The predicted octanol–water partition coefficient (Wildman–Crippen LogP) is 3.98. The van der Waals surface area contributed by atoms with Gasteiger partial charge in [0.25, 0.3) is 0 Å². The van der Waals surface area contributed by atoms with Crippen LogP contribution in [0, 0.1) is 11.3 Å². The number of nitrogens with one attached hydrogen (secondary N) is 1. The number of hydrogen-bond donors (Lipinski definition) is 1. The minimum Gasteiger partial charge on any atom is -0.323 e. The molecule has 2 rings (SSSR count). The molecule has 0 atom stereocenters. The van der Waals surface area contributed by atoms with E-state index in [4.69, 9.17) is 5.26 Å². The van der Waals surface area contributed by atoms with Crippen molar-refractivity contribution >= 4 is 27.6 Å². The average Bonchev–Trinajstić information content (AvgIpc) is 2.48. The van der Waals surface area contributed by atoms with Crippen LogP contribution < -0.4 is 5.32 Å². The van der Waals surface area contributed by atoms with Gasteiger partial charge in [0.2, 0.25) is 0 Å². The van der Waals surface area contributed by atoms with Crippen LogP contribution in [0.3, 0.4) is 0 Å². The van der Waals surface area contributed by atoms with Gasteiger partial charge in [-0.3, -0.25) is 0 Å². The minimum atomic E-state index is -0.195. The van der Waals surface area contributed by atoms with Gasteiger partial charge in [-0.1, -0.05) is 28.1 Å². The molecule has 0 spiro atoms. The third-order valence-electron chi connectivity index (χ3n) is 2.92. The van der Waals surface area contributed by atoms with E-state index in [-0.39, 0.29) is 6.03 Å². The molecule has 21 heavy (non-hydrogen) atoms. The lowest BCUT2D eigenvalue weighted by Crippen LogP contribution is -2.30. The zero-order valence-electron chi connectivity index (χ0n) is 11.5. The number of benzene rings is 2. The maximum atomic E-state index is 12.1. The highest BCUT2D eigenvalue weighted by Gasteiger charge is 2.09. The Labute approximate surface area is 132 Å². The number of hydrogen-bond acceptors (Lipinski definition) is 2. The van der Waals surface area contributed by atoms with E-state index in [1.807, 2.05) is 30.3 Å². The fourth-order valence-corrected chi connectivity index (χ4v) is 2.27. The van der Waals surface area contributed by atoms with Crippen LogP contribution in [-0.4, -0.2) is 18.0 Å². The van der Waals surface area contributed by atoms with Crippen LogP contribution in [-0.2, 0) is 6.54 Å². The first-order valence-electron chi connectivity index (χ1n) is 6.35. The molecule has 0 radical (unpaired) electrons. The van der Waals surface area contributed by atoms with Gasteiger partial charge in [-0.2, -0.15) is 5.26 Å². The van der Waals surface area contributed by atoms with Crippen LogP contribution in [0.2, 0.25) is 0 Å². The van der Waals surface area contributed by atoms with Gasteiger partial charge in [0.1, 0.15) is 0 Å². The zero-order valence-corrected chi connectivity index (χ0v) is 13.1. The van der Waals surface area contributed by atoms with Gasteiger partial charge in [-0.15, -0.1) is 0 Å². The molecule has 0 bridgehead atoms. The number of urea groups is 1. The highest BCUT2D eigenvalue weighted by molar-refractivity contribution is 9.10. The van der Waals surface area contributed by atoms with Gasteiger partial charge in [0.05, 0.1) is 11.6 Å². The molecule has 5 heteroatoms. The van der Waals surface area contributed by atoms with E-state index in [1.165, 1.54) is 0 Å². The maximum absolute atomic E-state index is 12.1. The molecule has 0 saturated carbocycles. The highest BCUT2D eigenvalue weighted by atomic mass is 79.9. The molecule has 106 valence electrons. The predicted molar refractivity (Wildman–Crippen MR) is 85.8 cm³/mol. The molecule has 0 aromatic heterocycles. The second-order valence-corrected chi connectivity index (χ2v) is 5.52. The molecular weight excluding hydrogens is 330 g/mol. The molecule has 0 saturated heterocycles. The second kappa shape index (κ2) is 6.91. The Balaban J connectivity index is 1.97. The topological polar surface area (TPSA) is 56.1 Å². The van der Waals surface area contributed by atoms with Gasteiger partial charge < -0.3 is 10.2 Å². The Hall–Kier alpha value is -2.32. The molecule has 0 aliphatic heterocycles. The van der Waals surface area contributed by atoms with Crippen molar-refractivity contribution in [3.63, 3.8) is 0 Å². The van der Waals surface area contributed by atoms with Crippen molar-refractivity contribution in [2.24, 2.45) is 0 Å². The number of nitrogens with zero attached hydrogens (tertiary/aromatic N) is 2. The molecule has 0 heterocycles. The number of carbonyl (C=O) groups excluding carboxylic acids is 1. The quantitative estimate of drug-likeness (QED) is 0.916. The summed E-state index contributed by atoms with van der Waals surface area (Å²) in [5.41, 5.74) is 2.28. The lowest BCUT2D eigenvalue weighted by Gasteiger charge is -2.18. The Morgan fingerprint density at radius 3 is 2.62 bits per heavy atom. The summed E-state index contributed by atoms with van der Waals surface area (Å²) in [5.74, 6) is 0. The molecule has 0 aliphatic rings. The Bertz CT molecular complexity index is 677. The van der Waals surface area contributed by atoms with Crippen LogP contribution in [0.15, 0.2) is 53.0 Å². The summed E-state index contributed by atoms with van der Waals surface area (Å²) < 4.78 is 0.987. The standard InChI is InChI=1S/C16H14BrN3O/c1-20(11-13-3-2-4-14(17)9-13)16(21)19-15-7-5-12(10-18)6-8-15/h2-9H,11H2,1H3,(H,19,21). The van der Waals surface area contributed by atoms with Gasteiger partial charge in [0.15, 0.2) is 0 Å². The number of amides is 2. The van der Waals surface area contributed by atoms with Crippen molar-refractivity contribution in [1.82, 2.24) is 4.90 Å². The summed E-state index contributed by atoms with van der Waals surface area (Å²) in [7, 11) is 1.74. The van der Waals surface area contributed by atoms with Crippen LogP contribution >= 0.6 is 15.9 Å². The van der Waals surface area contributed by atoms with E-state index in [2.05, 4.69) is 21.2 Å². The van der Waals surface area contributed by atoms with E-state index in [0.29, 0.717) is 17.8 Å². The second-order valence-electron chi connectivity index (χ2n) is 4.61. The lowest BCUT2D eigenvalue weighted by atomic mass is 10.2. The summed E-state index contributed by atoms with van der Waals surface area (Å²) in [6.45, 7) is 0.515. The fraction of sp³-hybridized carbons (Fsp3) is 0.125. The highest BCUT2D eigenvalue weighted by Crippen LogP contribution is 2.14. The van der Waals surface area contributed by atoms with Crippen molar-refractivity contribution in [3.05, 3.63) is 64.1 Å². The molecule has 2 aromatic rings. The van der Waals surface area contributed by atoms with Crippen molar-refractivity contribution < 1.29 is 4.79 Å². The third-order valence-corrected chi connectivity index (χ3v) is 3.41. The minimum absolute atomic E-state index is 0.195. The molecule has 1 N–H and O–H groups in total. The molecule has 0 fully saturated rings. The van der Waals surface area contributed by atoms with Crippen molar-refractivity contribution in [2.75, 3.05) is 12.4 Å². The first-order chi connectivity index (χ1) is 10.1. The normalized spacial score (nSPS) is 9.76. The van der Waals surface area contributed by atoms with E-state index in [1.54, 1.807) is 36.2 Å². The largest absolute Gasteiger partial charge is 0.323 e. The number of rotatable bonds is 3. The molecule has 0 aliphatic carbocycles. The first-order valence-corrected chi connectivity index (χ1v) is 7.14. The summed E-state index contributed by atoms with van der Waals surface area (Å²) in [6, 6.07) is 16.4. The van der Waals surface area contributed by atoms with E-state index in [0.717, 1.165) is 10.0 Å². The molecule has 0 unspecified atom stereocenters.